The number of hydrogen-bond acceptors (Lipinski definition) is 2. The van der Waals surface area contributed by atoms with Crippen LogP contribution in [0, 0.1) is 0 Å². The fraction of sp³-hybridized carbons (Fsp3) is 0.714. The van der Waals surface area contributed by atoms with Crippen LogP contribution in [0.2, 0.25) is 0 Å². The van der Waals surface area contributed by atoms with Gasteiger partial charge in [0.05, 0.1) is 6.26 Å². The second kappa shape index (κ2) is 6.09. The Balaban J connectivity index is 1.93. The molecule has 0 aromatic carbocycles. The summed E-state index contributed by atoms with van der Waals surface area (Å²) >= 11 is 0. The van der Waals surface area contributed by atoms with E-state index >= 15 is 0 Å². The van der Waals surface area contributed by atoms with Crippen molar-refractivity contribution in [3.05, 3.63) is 24.2 Å². The minimum absolute atomic E-state index is 0.631. The first kappa shape index (κ1) is 11.7. The smallest absolute Gasteiger partial charge is 0.106 e. The van der Waals surface area contributed by atoms with Gasteiger partial charge in [0, 0.05) is 12.0 Å². The Bertz CT molecular complexity index is 281. The maximum Gasteiger partial charge on any atom is 0.106 e. The predicted octanol–water partition coefficient (Wildman–Crippen LogP) is 3.70. The monoisotopic (exact) mass is 221 g/mol. The highest BCUT2D eigenvalue weighted by Crippen LogP contribution is 2.31. The lowest BCUT2D eigenvalue weighted by Gasteiger charge is -2.19. The summed E-state index contributed by atoms with van der Waals surface area (Å²) in [6.07, 6.45) is 9.59. The van der Waals surface area contributed by atoms with Gasteiger partial charge in [-0.05, 0) is 44.4 Å². The van der Waals surface area contributed by atoms with Crippen molar-refractivity contribution in [2.75, 3.05) is 6.54 Å². The normalized spacial score (nSPS) is 26.6. The molecule has 0 saturated heterocycles. The lowest BCUT2D eigenvalue weighted by atomic mass is 9.95. The molecule has 16 heavy (non-hydrogen) atoms. The van der Waals surface area contributed by atoms with Crippen molar-refractivity contribution in [3.8, 4) is 0 Å². The number of furan rings is 1. The molecule has 1 aliphatic rings. The zero-order valence-corrected chi connectivity index (χ0v) is 10.2. The molecule has 90 valence electrons. The standard InChI is InChI=1S/C14H23NO/c1-2-9-15-13-7-4-3-6-12(11-13)14-8-5-10-16-14/h5,8,10,12-13,15H,2-4,6-7,9,11H2,1H3. The Kier molecular flexibility index (Phi) is 4.46. The zero-order chi connectivity index (χ0) is 11.2. The topological polar surface area (TPSA) is 25.2 Å². The minimum atomic E-state index is 0.631. The third-order valence-corrected chi connectivity index (χ3v) is 3.55. The lowest BCUT2D eigenvalue weighted by molar-refractivity contribution is 0.392. The van der Waals surface area contributed by atoms with Crippen molar-refractivity contribution in [2.24, 2.45) is 0 Å². The minimum Gasteiger partial charge on any atom is -0.469 e. The summed E-state index contributed by atoms with van der Waals surface area (Å²) in [5, 5.41) is 3.66. The van der Waals surface area contributed by atoms with Gasteiger partial charge in [0.1, 0.15) is 5.76 Å². The van der Waals surface area contributed by atoms with Crippen LogP contribution < -0.4 is 5.32 Å². The Hall–Kier alpha value is -0.760. The third-order valence-electron chi connectivity index (χ3n) is 3.55. The Morgan fingerprint density at radius 1 is 1.38 bits per heavy atom. The van der Waals surface area contributed by atoms with Crippen LogP contribution in [-0.4, -0.2) is 12.6 Å². The van der Waals surface area contributed by atoms with Crippen molar-refractivity contribution < 1.29 is 4.42 Å². The second-order valence-corrected chi connectivity index (χ2v) is 4.88. The van der Waals surface area contributed by atoms with Gasteiger partial charge in [-0.25, -0.2) is 0 Å². The first-order valence-corrected chi connectivity index (χ1v) is 6.67. The zero-order valence-electron chi connectivity index (χ0n) is 10.2. The van der Waals surface area contributed by atoms with Crippen molar-refractivity contribution in [1.29, 1.82) is 0 Å². The first-order valence-electron chi connectivity index (χ1n) is 6.67. The Morgan fingerprint density at radius 3 is 3.00 bits per heavy atom. The average Bonchev–Trinajstić information content (AvgIpc) is 2.73. The summed E-state index contributed by atoms with van der Waals surface area (Å²) in [4.78, 5) is 0. The van der Waals surface area contributed by atoms with E-state index in [1.54, 1.807) is 6.26 Å². The number of rotatable bonds is 4. The van der Waals surface area contributed by atoms with Crippen molar-refractivity contribution in [3.63, 3.8) is 0 Å². The molecule has 1 saturated carbocycles. The molecule has 0 aliphatic heterocycles. The Labute approximate surface area is 98.4 Å². The van der Waals surface area contributed by atoms with Gasteiger partial charge >= 0.3 is 0 Å². The molecule has 1 aromatic heterocycles. The van der Waals surface area contributed by atoms with E-state index in [0.29, 0.717) is 12.0 Å². The summed E-state index contributed by atoms with van der Waals surface area (Å²) in [6.45, 7) is 3.38. The molecule has 2 heteroatoms. The van der Waals surface area contributed by atoms with E-state index in [1.807, 2.05) is 6.07 Å². The molecule has 1 aliphatic carbocycles. The summed E-state index contributed by atoms with van der Waals surface area (Å²) in [5.41, 5.74) is 0. The van der Waals surface area contributed by atoms with E-state index in [2.05, 4.69) is 18.3 Å². The number of hydrogen-bond donors (Lipinski definition) is 1. The quantitative estimate of drug-likeness (QED) is 0.784. The molecule has 2 unspecified atom stereocenters. The van der Waals surface area contributed by atoms with E-state index in [9.17, 15) is 0 Å². The van der Waals surface area contributed by atoms with Crippen LogP contribution in [0.5, 0.6) is 0 Å². The van der Waals surface area contributed by atoms with Gasteiger partial charge in [0.25, 0.3) is 0 Å². The summed E-state index contributed by atoms with van der Waals surface area (Å²) in [5.74, 6) is 1.82. The van der Waals surface area contributed by atoms with Crippen LogP contribution in [-0.2, 0) is 0 Å². The molecule has 1 N–H and O–H groups in total. The summed E-state index contributed by atoms with van der Waals surface area (Å²) < 4.78 is 5.55. The third kappa shape index (κ3) is 3.11. The van der Waals surface area contributed by atoms with Crippen molar-refractivity contribution >= 4 is 0 Å². The van der Waals surface area contributed by atoms with E-state index in [1.165, 1.54) is 44.3 Å². The molecule has 0 radical (unpaired) electrons. The molecule has 1 aromatic rings. The van der Waals surface area contributed by atoms with Crippen LogP contribution in [0.4, 0.5) is 0 Å². The molecule has 0 spiro atoms. The van der Waals surface area contributed by atoms with Crippen LogP contribution in [0.15, 0.2) is 22.8 Å². The van der Waals surface area contributed by atoms with E-state index in [-0.39, 0.29) is 0 Å². The number of nitrogens with one attached hydrogen (secondary N) is 1. The van der Waals surface area contributed by atoms with Crippen LogP contribution in [0.25, 0.3) is 0 Å². The molecule has 0 bridgehead atoms. The molecular weight excluding hydrogens is 198 g/mol. The molecule has 1 fully saturated rings. The molecular formula is C14H23NO. The second-order valence-electron chi connectivity index (χ2n) is 4.88. The molecule has 2 nitrogen and oxygen atoms in total. The van der Waals surface area contributed by atoms with Crippen LogP contribution in [0.1, 0.15) is 57.1 Å². The highest BCUT2D eigenvalue weighted by molar-refractivity contribution is 5.06. The lowest BCUT2D eigenvalue weighted by Crippen LogP contribution is -2.30. The SMILES string of the molecule is CCCNC1CCCCC(c2ccco2)C1. The van der Waals surface area contributed by atoms with E-state index < -0.39 is 0 Å². The maximum atomic E-state index is 5.55. The predicted molar refractivity (Wildman–Crippen MR) is 66.6 cm³/mol. The summed E-state index contributed by atoms with van der Waals surface area (Å²) in [7, 11) is 0. The molecule has 2 atom stereocenters. The van der Waals surface area contributed by atoms with Gasteiger partial charge in [0.2, 0.25) is 0 Å². The largest absolute Gasteiger partial charge is 0.469 e. The van der Waals surface area contributed by atoms with E-state index in [0.717, 1.165) is 6.54 Å². The van der Waals surface area contributed by atoms with Gasteiger partial charge in [-0.2, -0.15) is 0 Å². The van der Waals surface area contributed by atoms with Gasteiger partial charge in [-0.15, -0.1) is 0 Å². The molecule has 0 amide bonds. The fourth-order valence-corrected chi connectivity index (χ4v) is 2.68. The highest BCUT2D eigenvalue weighted by atomic mass is 16.3. The Morgan fingerprint density at radius 2 is 2.25 bits per heavy atom. The van der Waals surface area contributed by atoms with Crippen LogP contribution in [0.3, 0.4) is 0 Å². The molecule has 2 rings (SSSR count). The molecule has 1 heterocycles. The summed E-state index contributed by atoms with van der Waals surface area (Å²) in [6, 6.07) is 4.83. The van der Waals surface area contributed by atoms with Crippen LogP contribution >= 0.6 is 0 Å². The maximum absolute atomic E-state index is 5.55. The van der Waals surface area contributed by atoms with E-state index in [4.69, 9.17) is 4.42 Å². The highest BCUT2D eigenvalue weighted by Gasteiger charge is 2.22. The fourth-order valence-electron chi connectivity index (χ4n) is 2.68. The van der Waals surface area contributed by atoms with Gasteiger partial charge in [-0.3, -0.25) is 0 Å². The first-order chi connectivity index (χ1) is 7.90. The van der Waals surface area contributed by atoms with Crippen molar-refractivity contribution in [1.82, 2.24) is 5.32 Å². The van der Waals surface area contributed by atoms with Gasteiger partial charge in [-0.1, -0.05) is 19.8 Å². The van der Waals surface area contributed by atoms with Gasteiger partial charge in [0.15, 0.2) is 0 Å². The average molecular weight is 221 g/mol. The van der Waals surface area contributed by atoms with Gasteiger partial charge < -0.3 is 9.73 Å². The van der Waals surface area contributed by atoms with Crippen molar-refractivity contribution in [2.45, 2.75) is 57.4 Å².